The molecule has 2 aromatic rings. The molecule has 1 amide bonds. The number of hydrogen-bond acceptors (Lipinski definition) is 4. The van der Waals surface area contributed by atoms with Gasteiger partial charge in [0, 0.05) is 29.2 Å². The topological polar surface area (TPSA) is 63.7 Å². The second-order valence-electron chi connectivity index (χ2n) is 7.10. The van der Waals surface area contributed by atoms with E-state index >= 15 is 0 Å². The van der Waals surface area contributed by atoms with Crippen LogP contribution in [-0.4, -0.2) is 30.3 Å². The van der Waals surface area contributed by atoms with Gasteiger partial charge in [0.2, 0.25) is 11.7 Å². The summed E-state index contributed by atoms with van der Waals surface area (Å²) in [4.78, 5) is 39.0. The molecule has 1 aliphatic rings. The fourth-order valence-electron chi connectivity index (χ4n) is 3.26. The summed E-state index contributed by atoms with van der Waals surface area (Å²) in [5.41, 5.74) is 3.01. The van der Waals surface area contributed by atoms with E-state index in [0.717, 1.165) is 11.1 Å². The van der Waals surface area contributed by atoms with E-state index in [-0.39, 0.29) is 24.7 Å². The van der Waals surface area contributed by atoms with Crippen molar-refractivity contribution in [3.8, 4) is 0 Å². The van der Waals surface area contributed by atoms with Crippen molar-refractivity contribution in [3.05, 3.63) is 64.2 Å². The highest BCUT2D eigenvalue weighted by Crippen LogP contribution is 2.32. The first kappa shape index (κ1) is 20.1. The zero-order valence-electron chi connectivity index (χ0n) is 16.1. The Morgan fingerprint density at radius 1 is 1.14 bits per heavy atom. The Bertz CT molecular complexity index is 923. The maximum absolute atomic E-state index is 12.5. The van der Waals surface area contributed by atoms with Crippen LogP contribution in [0.4, 0.5) is 5.69 Å². The smallest absolute Gasteiger partial charge is 0.312 e. The van der Waals surface area contributed by atoms with E-state index in [2.05, 4.69) is 0 Å². The minimum absolute atomic E-state index is 0.0518. The van der Waals surface area contributed by atoms with E-state index in [1.54, 1.807) is 42.2 Å². The van der Waals surface area contributed by atoms with Crippen LogP contribution in [-0.2, 0) is 14.3 Å². The van der Waals surface area contributed by atoms with Gasteiger partial charge in [-0.2, -0.15) is 0 Å². The summed E-state index contributed by atoms with van der Waals surface area (Å²) in [6, 6.07) is 12.4. The molecular formula is C22H22ClNO4. The molecule has 0 aliphatic carbocycles. The van der Waals surface area contributed by atoms with Gasteiger partial charge in [-0.15, -0.1) is 0 Å². The first-order chi connectivity index (χ1) is 13.3. The zero-order chi connectivity index (χ0) is 20.4. The van der Waals surface area contributed by atoms with Crippen molar-refractivity contribution in [2.75, 3.05) is 11.4 Å². The average Bonchev–Trinajstić information content (AvgIpc) is 3.05. The molecule has 2 atom stereocenters. The van der Waals surface area contributed by atoms with Crippen LogP contribution in [0.25, 0.3) is 0 Å². The largest absolute Gasteiger partial charge is 0.454 e. The molecule has 0 radical (unpaired) electrons. The molecule has 146 valence electrons. The highest BCUT2D eigenvalue weighted by Gasteiger charge is 2.38. The monoisotopic (exact) mass is 399 g/mol. The third-order valence-electron chi connectivity index (χ3n) is 4.99. The lowest BCUT2D eigenvalue weighted by Gasteiger charge is -2.20. The summed E-state index contributed by atoms with van der Waals surface area (Å²) in [7, 11) is 0. The number of aryl methyl sites for hydroxylation is 1. The minimum Gasteiger partial charge on any atom is -0.454 e. The Morgan fingerprint density at radius 3 is 2.50 bits per heavy atom. The Balaban J connectivity index is 1.66. The summed E-state index contributed by atoms with van der Waals surface area (Å²) in [6.07, 6.45) is -0.858. The number of rotatable bonds is 5. The van der Waals surface area contributed by atoms with Gasteiger partial charge in [-0.25, -0.2) is 0 Å². The van der Waals surface area contributed by atoms with Gasteiger partial charge in [0.15, 0.2) is 6.10 Å². The number of ketones is 1. The predicted molar refractivity (Wildman–Crippen MR) is 108 cm³/mol. The van der Waals surface area contributed by atoms with Gasteiger partial charge in [0.25, 0.3) is 0 Å². The normalized spacial score (nSPS) is 17.5. The Kier molecular flexibility index (Phi) is 5.84. The summed E-state index contributed by atoms with van der Waals surface area (Å²) < 4.78 is 5.37. The molecule has 1 heterocycles. The summed E-state index contributed by atoms with van der Waals surface area (Å²) in [5.74, 6) is -1.58. The fourth-order valence-corrected chi connectivity index (χ4v) is 3.43. The first-order valence-corrected chi connectivity index (χ1v) is 9.52. The second kappa shape index (κ2) is 8.15. The van der Waals surface area contributed by atoms with E-state index < -0.39 is 18.0 Å². The first-order valence-electron chi connectivity index (χ1n) is 9.14. The summed E-state index contributed by atoms with van der Waals surface area (Å²) in [6.45, 7) is 5.53. The van der Waals surface area contributed by atoms with Crippen molar-refractivity contribution in [1.82, 2.24) is 0 Å². The fraction of sp³-hybridized carbons (Fsp3) is 0.318. The SMILES string of the molecule is Cc1ccc(C(=O)[C@H](C)OC(=O)[C@@H]2CC(=O)N(c3cccc(Cl)c3C)C2)cc1. The Labute approximate surface area is 169 Å². The van der Waals surface area contributed by atoms with E-state index in [4.69, 9.17) is 16.3 Å². The van der Waals surface area contributed by atoms with Gasteiger partial charge in [0.05, 0.1) is 5.92 Å². The number of anilines is 1. The van der Waals surface area contributed by atoms with Crippen molar-refractivity contribution < 1.29 is 19.1 Å². The highest BCUT2D eigenvalue weighted by molar-refractivity contribution is 6.31. The van der Waals surface area contributed by atoms with Crippen molar-refractivity contribution in [1.29, 1.82) is 0 Å². The summed E-state index contributed by atoms with van der Waals surface area (Å²) in [5, 5.41) is 0.564. The number of Topliss-reactive ketones (excluding diaryl/α,β-unsaturated/α-hetero) is 1. The number of nitrogens with zero attached hydrogens (tertiary/aromatic N) is 1. The summed E-state index contributed by atoms with van der Waals surface area (Å²) >= 11 is 6.14. The van der Waals surface area contributed by atoms with Crippen LogP contribution in [0.2, 0.25) is 5.02 Å². The maximum Gasteiger partial charge on any atom is 0.312 e. The van der Waals surface area contributed by atoms with Crippen molar-refractivity contribution in [3.63, 3.8) is 0 Å². The lowest BCUT2D eigenvalue weighted by molar-refractivity contribution is -0.151. The number of benzene rings is 2. The number of ether oxygens (including phenoxy) is 1. The predicted octanol–water partition coefficient (Wildman–Crippen LogP) is 4.12. The van der Waals surface area contributed by atoms with E-state index in [0.29, 0.717) is 16.3 Å². The molecule has 5 nitrogen and oxygen atoms in total. The molecule has 6 heteroatoms. The van der Waals surface area contributed by atoms with Gasteiger partial charge in [-0.05, 0) is 38.5 Å². The average molecular weight is 400 g/mol. The molecule has 28 heavy (non-hydrogen) atoms. The van der Waals surface area contributed by atoms with Gasteiger partial charge >= 0.3 is 5.97 Å². The van der Waals surface area contributed by atoms with Crippen LogP contribution in [0.3, 0.4) is 0 Å². The van der Waals surface area contributed by atoms with E-state index in [9.17, 15) is 14.4 Å². The lowest BCUT2D eigenvalue weighted by atomic mass is 10.1. The molecule has 0 bridgehead atoms. The number of amides is 1. The Morgan fingerprint density at radius 2 is 1.82 bits per heavy atom. The molecule has 0 spiro atoms. The molecular weight excluding hydrogens is 378 g/mol. The zero-order valence-corrected chi connectivity index (χ0v) is 16.8. The quantitative estimate of drug-likeness (QED) is 0.560. The standard InChI is InChI=1S/C22H22ClNO4/c1-13-7-9-16(10-8-13)21(26)15(3)28-22(27)17-11-20(25)24(12-17)19-6-4-5-18(23)14(19)2/h4-10,15,17H,11-12H2,1-3H3/t15-,17+/m0/s1. The van der Waals surface area contributed by atoms with Gasteiger partial charge < -0.3 is 9.64 Å². The van der Waals surface area contributed by atoms with Crippen LogP contribution in [0.5, 0.6) is 0 Å². The third-order valence-corrected chi connectivity index (χ3v) is 5.40. The van der Waals surface area contributed by atoms with E-state index in [1.165, 1.54) is 0 Å². The number of carbonyl (C=O) groups excluding carboxylic acids is 3. The van der Waals surface area contributed by atoms with Crippen molar-refractivity contribution >= 4 is 34.9 Å². The van der Waals surface area contributed by atoms with Crippen molar-refractivity contribution in [2.45, 2.75) is 33.3 Å². The Hall–Kier alpha value is -2.66. The van der Waals surface area contributed by atoms with Crippen LogP contribution < -0.4 is 4.90 Å². The molecule has 0 N–H and O–H groups in total. The minimum atomic E-state index is -0.910. The molecule has 1 fully saturated rings. The van der Waals surface area contributed by atoms with Gasteiger partial charge in [-0.1, -0.05) is 47.5 Å². The second-order valence-corrected chi connectivity index (χ2v) is 7.51. The number of esters is 1. The third kappa shape index (κ3) is 4.09. The maximum atomic E-state index is 12.5. The molecule has 1 saturated heterocycles. The van der Waals surface area contributed by atoms with Crippen LogP contribution in [0.15, 0.2) is 42.5 Å². The highest BCUT2D eigenvalue weighted by atomic mass is 35.5. The van der Waals surface area contributed by atoms with Crippen LogP contribution >= 0.6 is 11.6 Å². The van der Waals surface area contributed by atoms with Crippen LogP contribution in [0.1, 0.15) is 34.8 Å². The molecule has 2 aromatic carbocycles. The van der Waals surface area contributed by atoms with Crippen LogP contribution in [0, 0.1) is 19.8 Å². The molecule has 3 rings (SSSR count). The van der Waals surface area contributed by atoms with E-state index in [1.807, 2.05) is 26.0 Å². The molecule has 0 aromatic heterocycles. The molecule has 1 aliphatic heterocycles. The number of halogens is 1. The van der Waals surface area contributed by atoms with Gasteiger partial charge in [0.1, 0.15) is 0 Å². The number of carbonyl (C=O) groups is 3. The molecule has 0 saturated carbocycles. The van der Waals surface area contributed by atoms with Crippen molar-refractivity contribution in [2.24, 2.45) is 5.92 Å². The lowest BCUT2D eigenvalue weighted by Crippen LogP contribution is -2.30. The van der Waals surface area contributed by atoms with Gasteiger partial charge in [-0.3, -0.25) is 14.4 Å². The number of hydrogen-bond donors (Lipinski definition) is 0. The molecule has 0 unspecified atom stereocenters.